The quantitative estimate of drug-likeness (QED) is 0.807. The predicted octanol–water partition coefficient (Wildman–Crippen LogP) is 3.25. The van der Waals surface area contributed by atoms with E-state index in [1.165, 1.54) is 0 Å². The average Bonchev–Trinajstić information content (AvgIpc) is 2.39. The summed E-state index contributed by atoms with van der Waals surface area (Å²) in [5.74, 6) is 1.16. The van der Waals surface area contributed by atoms with Gasteiger partial charge in [0.05, 0.1) is 0 Å². The van der Waals surface area contributed by atoms with Crippen molar-refractivity contribution in [2.45, 2.75) is 39.5 Å². The molecule has 3 N–H and O–H groups in total. The third-order valence-corrected chi connectivity index (χ3v) is 4.08. The van der Waals surface area contributed by atoms with Gasteiger partial charge in [0.25, 0.3) is 0 Å². The van der Waals surface area contributed by atoms with Gasteiger partial charge in [0.15, 0.2) is 0 Å². The molecule has 1 amide bonds. The largest absolute Gasteiger partial charge is 0.330 e. The van der Waals surface area contributed by atoms with Gasteiger partial charge in [0.1, 0.15) is 5.82 Å². The van der Waals surface area contributed by atoms with E-state index in [9.17, 15) is 4.79 Å². The number of rotatable bonds is 7. The van der Waals surface area contributed by atoms with E-state index in [1.807, 2.05) is 13.0 Å². The minimum absolute atomic E-state index is 0.0182. The first-order valence-corrected chi connectivity index (χ1v) is 7.48. The number of nitrogens with two attached hydrogens (primary N) is 1. The predicted molar refractivity (Wildman–Crippen MR) is 82.0 cm³/mol. The second-order valence-electron chi connectivity index (χ2n) is 4.76. The summed E-state index contributed by atoms with van der Waals surface area (Å²) in [6.45, 7) is 4.79. The maximum atomic E-state index is 11.8. The third kappa shape index (κ3) is 5.70. The molecular weight excluding hydrogens is 306 g/mol. The molecule has 0 aromatic carbocycles. The number of anilines is 1. The van der Waals surface area contributed by atoms with E-state index in [2.05, 4.69) is 33.2 Å². The molecule has 1 unspecified atom stereocenters. The first kappa shape index (κ1) is 16.1. The average molecular weight is 328 g/mol. The number of pyridine rings is 1. The van der Waals surface area contributed by atoms with Gasteiger partial charge in [-0.2, -0.15) is 0 Å². The summed E-state index contributed by atoms with van der Waals surface area (Å²) in [4.78, 5) is 16.0. The van der Waals surface area contributed by atoms with Gasteiger partial charge in [-0.3, -0.25) is 4.79 Å². The van der Waals surface area contributed by atoms with Crippen molar-refractivity contribution in [1.29, 1.82) is 0 Å². The van der Waals surface area contributed by atoms with Crippen LogP contribution in [-0.2, 0) is 4.79 Å². The first-order chi connectivity index (χ1) is 9.06. The zero-order valence-electron chi connectivity index (χ0n) is 11.6. The maximum absolute atomic E-state index is 11.8. The van der Waals surface area contributed by atoms with Crippen LogP contribution in [0.25, 0.3) is 0 Å². The highest BCUT2D eigenvalue weighted by Gasteiger charge is 2.10. The number of hydrogen-bond donors (Lipinski definition) is 2. The van der Waals surface area contributed by atoms with Gasteiger partial charge < -0.3 is 11.1 Å². The van der Waals surface area contributed by atoms with Crippen LogP contribution >= 0.6 is 15.9 Å². The second kappa shape index (κ2) is 8.27. The summed E-state index contributed by atoms with van der Waals surface area (Å²) in [7, 11) is 0. The topological polar surface area (TPSA) is 68.0 Å². The highest BCUT2D eigenvalue weighted by atomic mass is 79.9. The standard InChI is InChI=1S/C14H22BrN3O/c1-3-11(6-7-16)4-5-14(19)18-13-8-10(2)12(15)9-17-13/h8-9,11H,3-7,16H2,1-2H3,(H,17,18,19). The molecule has 1 heterocycles. The highest BCUT2D eigenvalue weighted by Crippen LogP contribution is 2.18. The zero-order chi connectivity index (χ0) is 14.3. The van der Waals surface area contributed by atoms with E-state index in [0.29, 0.717) is 24.7 Å². The molecule has 106 valence electrons. The summed E-state index contributed by atoms with van der Waals surface area (Å²) in [6.07, 6.45) is 5.16. The van der Waals surface area contributed by atoms with E-state index in [4.69, 9.17) is 5.73 Å². The minimum Gasteiger partial charge on any atom is -0.330 e. The summed E-state index contributed by atoms with van der Waals surface area (Å²) >= 11 is 3.38. The summed E-state index contributed by atoms with van der Waals surface area (Å²) in [5.41, 5.74) is 6.61. The van der Waals surface area contributed by atoms with Gasteiger partial charge in [-0.05, 0) is 59.8 Å². The fraction of sp³-hybridized carbons (Fsp3) is 0.571. The van der Waals surface area contributed by atoms with Crippen molar-refractivity contribution in [3.63, 3.8) is 0 Å². The zero-order valence-corrected chi connectivity index (χ0v) is 13.2. The van der Waals surface area contributed by atoms with Crippen LogP contribution < -0.4 is 11.1 Å². The van der Waals surface area contributed by atoms with Crippen molar-refractivity contribution < 1.29 is 4.79 Å². The van der Waals surface area contributed by atoms with Gasteiger partial charge in [0.2, 0.25) is 5.91 Å². The summed E-state index contributed by atoms with van der Waals surface area (Å²) < 4.78 is 0.944. The van der Waals surface area contributed by atoms with Crippen molar-refractivity contribution in [1.82, 2.24) is 4.98 Å². The fourth-order valence-electron chi connectivity index (χ4n) is 1.94. The molecule has 1 atom stereocenters. The Bertz CT molecular complexity index is 423. The van der Waals surface area contributed by atoms with Gasteiger partial charge >= 0.3 is 0 Å². The molecule has 19 heavy (non-hydrogen) atoms. The Hall–Kier alpha value is -0.940. The van der Waals surface area contributed by atoms with E-state index in [0.717, 1.165) is 29.3 Å². The lowest BCUT2D eigenvalue weighted by Crippen LogP contribution is -2.15. The summed E-state index contributed by atoms with van der Waals surface area (Å²) in [6, 6.07) is 1.86. The molecule has 0 aliphatic rings. The maximum Gasteiger partial charge on any atom is 0.225 e. The van der Waals surface area contributed by atoms with Crippen molar-refractivity contribution >= 4 is 27.7 Å². The van der Waals surface area contributed by atoms with E-state index >= 15 is 0 Å². The van der Waals surface area contributed by atoms with Crippen molar-refractivity contribution in [3.8, 4) is 0 Å². The van der Waals surface area contributed by atoms with Crippen LogP contribution in [0.3, 0.4) is 0 Å². The fourth-order valence-corrected chi connectivity index (χ4v) is 2.15. The normalized spacial score (nSPS) is 12.2. The van der Waals surface area contributed by atoms with Crippen molar-refractivity contribution in [3.05, 3.63) is 22.3 Å². The molecular formula is C14H22BrN3O. The van der Waals surface area contributed by atoms with Gasteiger partial charge in [-0.1, -0.05) is 13.3 Å². The first-order valence-electron chi connectivity index (χ1n) is 6.68. The van der Waals surface area contributed by atoms with Gasteiger partial charge in [-0.15, -0.1) is 0 Å². The molecule has 1 aromatic rings. The number of amides is 1. The molecule has 0 saturated heterocycles. The number of halogens is 1. The number of nitrogens with one attached hydrogen (secondary N) is 1. The van der Waals surface area contributed by atoms with Gasteiger partial charge in [0, 0.05) is 17.1 Å². The van der Waals surface area contributed by atoms with E-state index < -0.39 is 0 Å². The SMILES string of the molecule is CCC(CCN)CCC(=O)Nc1cc(C)c(Br)cn1. The lowest BCUT2D eigenvalue weighted by atomic mass is 9.96. The number of hydrogen-bond acceptors (Lipinski definition) is 3. The lowest BCUT2D eigenvalue weighted by Gasteiger charge is -2.13. The van der Waals surface area contributed by atoms with Crippen LogP contribution in [0.4, 0.5) is 5.82 Å². The monoisotopic (exact) mass is 327 g/mol. The number of aryl methyl sites for hydroxylation is 1. The molecule has 0 aliphatic heterocycles. The second-order valence-corrected chi connectivity index (χ2v) is 5.61. The van der Waals surface area contributed by atoms with Crippen molar-refractivity contribution in [2.24, 2.45) is 11.7 Å². The van der Waals surface area contributed by atoms with Gasteiger partial charge in [-0.25, -0.2) is 4.98 Å². The molecule has 0 saturated carbocycles. The Kier molecular flexibility index (Phi) is 7.02. The molecule has 1 rings (SSSR count). The van der Waals surface area contributed by atoms with E-state index in [1.54, 1.807) is 6.20 Å². The Morgan fingerprint density at radius 1 is 1.53 bits per heavy atom. The van der Waals surface area contributed by atoms with Crippen molar-refractivity contribution in [2.75, 3.05) is 11.9 Å². The number of carbonyl (C=O) groups is 1. The molecule has 0 fully saturated rings. The Morgan fingerprint density at radius 3 is 2.84 bits per heavy atom. The van der Waals surface area contributed by atoms with E-state index in [-0.39, 0.29) is 5.91 Å². The molecule has 0 spiro atoms. The number of carbonyl (C=O) groups excluding carboxylic acids is 1. The lowest BCUT2D eigenvalue weighted by molar-refractivity contribution is -0.116. The molecule has 1 aromatic heterocycles. The number of nitrogens with zero attached hydrogens (tertiary/aromatic N) is 1. The molecule has 0 bridgehead atoms. The molecule has 4 nitrogen and oxygen atoms in total. The highest BCUT2D eigenvalue weighted by molar-refractivity contribution is 9.10. The van der Waals surface area contributed by atoms with Crippen LogP contribution in [0.5, 0.6) is 0 Å². The Balaban J connectivity index is 2.44. The van der Waals surface area contributed by atoms with Crippen LogP contribution in [0.1, 0.15) is 38.2 Å². The Morgan fingerprint density at radius 2 is 2.26 bits per heavy atom. The molecule has 5 heteroatoms. The van der Waals surface area contributed by atoms with Crippen LogP contribution in [0.15, 0.2) is 16.7 Å². The van der Waals surface area contributed by atoms with Crippen LogP contribution in [0.2, 0.25) is 0 Å². The smallest absolute Gasteiger partial charge is 0.225 e. The summed E-state index contributed by atoms with van der Waals surface area (Å²) in [5, 5.41) is 2.83. The van der Waals surface area contributed by atoms with Crippen LogP contribution in [-0.4, -0.2) is 17.4 Å². The minimum atomic E-state index is 0.0182. The van der Waals surface area contributed by atoms with Crippen LogP contribution in [0, 0.1) is 12.8 Å². The Labute approximate surface area is 123 Å². The molecule has 0 aliphatic carbocycles. The number of aromatic nitrogens is 1. The molecule has 0 radical (unpaired) electrons. The third-order valence-electron chi connectivity index (χ3n) is 3.25.